The van der Waals surface area contributed by atoms with E-state index in [1.165, 1.54) is 5.56 Å². The first kappa shape index (κ1) is 18.2. The summed E-state index contributed by atoms with van der Waals surface area (Å²) in [5.41, 5.74) is 1.07. The largest absolute Gasteiger partial charge is 0.381 e. The Labute approximate surface area is 143 Å². The zero-order chi connectivity index (χ0) is 16.7. The lowest BCUT2D eigenvalue weighted by Crippen LogP contribution is -2.44. The molecule has 0 unspecified atom stereocenters. The molecule has 1 aliphatic rings. The molecule has 0 saturated carbocycles. The smallest absolute Gasteiger partial charge is 0.222 e. The van der Waals surface area contributed by atoms with Crippen molar-refractivity contribution in [2.45, 2.75) is 44.6 Å². The summed E-state index contributed by atoms with van der Waals surface area (Å²) >= 11 is 6.15. The van der Waals surface area contributed by atoms with Gasteiger partial charge in [0.2, 0.25) is 5.91 Å². The first-order valence-corrected chi connectivity index (χ1v) is 8.62. The highest BCUT2D eigenvalue weighted by Gasteiger charge is 2.34. The minimum absolute atomic E-state index is 0.0264. The van der Waals surface area contributed by atoms with Gasteiger partial charge in [0, 0.05) is 36.6 Å². The van der Waals surface area contributed by atoms with Crippen LogP contribution in [0, 0.1) is 0 Å². The number of hydrogen-bond acceptors (Lipinski definition) is 3. The summed E-state index contributed by atoms with van der Waals surface area (Å²) in [5.74, 6) is 0.0264. The van der Waals surface area contributed by atoms with Gasteiger partial charge in [0.05, 0.1) is 12.7 Å². The molecule has 0 aromatic heterocycles. The first-order chi connectivity index (χ1) is 11.0. The molecule has 0 radical (unpaired) electrons. The average molecular weight is 340 g/mol. The third-order valence-electron chi connectivity index (χ3n) is 4.29. The molecule has 1 saturated heterocycles. The maximum Gasteiger partial charge on any atom is 0.222 e. The molecule has 0 atom stereocenters. The Morgan fingerprint density at radius 2 is 2.13 bits per heavy atom. The summed E-state index contributed by atoms with van der Waals surface area (Å²) in [4.78, 5) is 12.1. The molecule has 1 aliphatic heterocycles. The van der Waals surface area contributed by atoms with Crippen molar-refractivity contribution in [1.29, 1.82) is 0 Å². The number of carbonyl (C=O) groups excluding carboxylic acids is 1. The Balaban J connectivity index is 1.98. The highest BCUT2D eigenvalue weighted by Crippen LogP contribution is 2.35. The Morgan fingerprint density at radius 1 is 1.39 bits per heavy atom. The first-order valence-electron chi connectivity index (χ1n) is 8.24. The van der Waals surface area contributed by atoms with E-state index in [4.69, 9.17) is 21.1 Å². The maximum absolute atomic E-state index is 12.1. The van der Waals surface area contributed by atoms with E-state index < -0.39 is 0 Å². The molecule has 1 heterocycles. The zero-order valence-electron chi connectivity index (χ0n) is 13.9. The average Bonchev–Trinajstić information content (AvgIpc) is 2.53. The molecule has 0 aliphatic carbocycles. The zero-order valence-corrected chi connectivity index (χ0v) is 14.7. The molecule has 1 N–H and O–H groups in total. The van der Waals surface area contributed by atoms with Crippen LogP contribution in [-0.4, -0.2) is 38.4 Å². The van der Waals surface area contributed by atoms with Crippen LogP contribution in [0.5, 0.6) is 0 Å². The summed E-state index contributed by atoms with van der Waals surface area (Å²) < 4.78 is 10.9. The summed E-state index contributed by atoms with van der Waals surface area (Å²) in [6.07, 6.45) is 2.31. The van der Waals surface area contributed by atoms with Crippen molar-refractivity contribution in [2.75, 3.05) is 26.4 Å². The van der Waals surface area contributed by atoms with Gasteiger partial charge in [0.25, 0.3) is 0 Å². The fraction of sp³-hybridized carbons (Fsp3) is 0.611. The topological polar surface area (TPSA) is 47.6 Å². The number of rotatable bonds is 7. The van der Waals surface area contributed by atoms with Crippen LogP contribution in [0.4, 0.5) is 0 Å². The van der Waals surface area contributed by atoms with Gasteiger partial charge in [0.15, 0.2) is 0 Å². The van der Waals surface area contributed by atoms with Crippen LogP contribution in [0.25, 0.3) is 0 Å². The number of hydrogen-bond donors (Lipinski definition) is 1. The lowest BCUT2D eigenvalue weighted by atomic mass is 9.74. The van der Waals surface area contributed by atoms with Crippen molar-refractivity contribution in [3.63, 3.8) is 0 Å². The Morgan fingerprint density at radius 3 is 2.78 bits per heavy atom. The second-order valence-corrected chi connectivity index (χ2v) is 6.79. The highest BCUT2D eigenvalue weighted by molar-refractivity contribution is 6.30. The summed E-state index contributed by atoms with van der Waals surface area (Å²) in [7, 11) is 0. The third kappa shape index (κ3) is 5.48. The Hall–Kier alpha value is -1.10. The number of halogens is 1. The van der Waals surface area contributed by atoms with Crippen molar-refractivity contribution >= 4 is 17.5 Å². The summed E-state index contributed by atoms with van der Waals surface area (Å²) in [6.45, 7) is 6.41. The molecular formula is C18H26ClNO3. The molecule has 0 bridgehead atoms. The van der Waals surface area contributed by atoms with E-state index in [0.717, 1.165) is 17.9 Å². The Bertz CT molecular complexity index is 513. The number of amides is 1. The molecule has 1 aromatic rings. The summed E-state index contributed by atoms with van der Waals surface area (Å²) in [6, 6.07) is 7.93. The molecule has 1 aromatic carbocycles. The van der Waals surface area contributed by atoms with Crippen molar-refractivity contribution in [3.8, 4) is 0 Å². The lowest BCUT2D eigenvalue weighted by molar-refractivity contribution is -0.123. The van der Waals surface area contributed by atoms with Gasteiger partial charge in [-0.2, -0.15) is 0 Å². The molecule has 1 fully saturated rings. The van der Waals surface area contributed by atoms with Crippen molar-refractivity contribution < 1.29 is 14.3 Å². The van der Waals surface area contributed by atoms with E-state index in [9.17, 15) is 4.79 Å². The quantitative estimate of drug-likeness (QED) is 0.829. The SMILES string of the molecule is CC(C)OCCC(=O)NCC1(c2cccc(Cl)c2)CCOCC1. The van der Waals surface area contributed by atoms with Crippen LogP contribution < -0.4 is 5.32 Å². The minimum Gasteiger partial charge on any atom is -0.381 e. The molecule has 128 valence electrons. The van der Waals surface area contributed by atoms with E-state index in [1.54, 1.807) is 0 Å². The fourth-order valence-electron chi connectivity index (χ4n) is 2.89. The van der Waals surface area contributed by atoms with Crippen LogP contribution in [0.2, 0.25) is 5.02 Å². The predicted octanol–water partition coefficient (Wildman–Crippen LogP) is 3.32. The normalized spacial score (nSPS) is 17.2. The van der Waals surface area contributed by atoms with Gasteiger partial charge in [-0.25, -0.2) is 0 Å². The molecule has 2 rings (SSSR count). The maximum atomic E-state index is 12.1. The van der Waals surface area contributed by atoms with Gasteiger partial charge < -0.3 is 14.8 Å². The van der Waals surface area contributed by atoms with Gasteiger partial charge in [-0.05, 0) is 44.4 Å². The monoisotopic (exact) mass is 339 g/mol. The second-order valence-electron chi connectivity index (χ2n) is 6.35. The van der Waals surface area contributed by atoms with Crippen LogP contribution in [0.3, 0.4) is 0 Å². The molecule has 23 heavy (non-hydrogen) atoms. The Kier molecular flexibility index (Phi) is 6.88. The fourth-order valence-corrected chi connectivity index (χ4v) is 3.08. The molecule has 0 spiro atoms. The van der Waals surface area contributed by atoms with Crippen molar-refractivity contribution in [3.05, 3.63) is 34.9 Å². The number of nitrogens with one attached hydrogen (secondary N) is 1. The number of ether oxygens (including phenoxy) is 2. The number of benzene rings is 1. The van der Waals surface area contributed by atoms with E-state index in [2.05, 4.69) is 11.4 Å². The summed E-state index contributed by atoms with van der Waals surface area (Å²) in [5, 5.41) is 3.79. The number of carbonyl (C=O) groups is 1. The van der Waals surface area contributed by atoms with Gasteiger partial charge in [-0.3, -0.25) is 4.79 Å². The lowest BCUT2D eigenvalue weighted by Gasteiger charge is -2.38. The van der Waals surface area contributed by atoms with Crippen LogP contribution >= 0.6 is 11.6 Å². The van der Waals surface area contributed by atoms with Gasteiger partial charge in [-0.1, -0.05) is 23.7 Å². The predicted molar refractivity (Wildman–Crippen MR) is 91.9 cm³/mol. The third-order valence-corrected chi connectivity index (χ3v) is 4.53. The van der Waals surface area contributed by atoms with Gasteiger partial charge in [0.1, 0.15) is 0 Å². The van der Waals surface area contributed by atoms with E-state index in [1.807, 2.05) is 32.0 Å². The standard InChI is InChI=1S/C18H26ClNO3/c1-14(2)23-9-6-17(21)20-13-18(7-10-22-11-8-18)15-4-3-5-16(19)12-15/h3-5,12,14H,6-11,13H2,1-2H3,(H,20,21). The van der Waals surface area contributed by atoms with Gasteiger partial charge in [-0.15, -0.1) is 0 Å². The van der Waals surface area contributed by atoms with Crippen LogP contribution in [0.1, 0.15) is 38.7 Å². The van der Waals surface area contributed by atoms with Crippen molar-refractivity contribution in [1.82, 2.24) is 5.32 Å². The molecule has 1 amide bonds. The van der Waals surface area contributed by atoms with Crippen molar-refractivity contribution in [2.24, 2.45) is 0 Å². The van der Waals surface area contributed by atoms with Gasteiger partial charge >= 0.3 is 0 Å². The minimum atomic E-state index is -0.0995. The van der Waals surface area contributed by atoms with Crippen LogP contribution in [-0.2, 0) is 19.7 Å². The highest BCUT2D eigenvalue weighted by atomic mass is 35.5. The van der Waals surface area contributed by atoms with E-state index in [0.29, 0.717) is 32.8 Å². The van der Waals surface area contributed by atoms with Crippen LogP contribution in [0.15, 0.2) is 24.3 Å². The molecular weight excluding hydrogens is 314 g/mol. The molecule has 5 heteroatoms. The molecule has 4 nitrogen and oxygen atoms in total. The van der Waals surface area contributed by atoms with E-state index >= 15 is 0 Å². The van der Waals surface area contributed by atoms with E-state index in [-0.39, 0.29) is 17.4 Å². The second kappa shape index (κ2) is 8.67.